The molecule has 2 heterocycles. The zero-order chi connectivity index (χ0) is 19.3. The van der Waals surface area contributed by atoms with Gasteiger partial charge in [0.2, 0.25) is 5.88 Å². The standard InChI is InChI=1S/C19H24BrN3O3S/c1-2-27(24,25)16-5-6-18(17(20)11-16)26-19-13-22-15(12-23-19)4-3-14-7-9-21-10-8-14/h5-6,11-14,21H,2-4,7-10H2,1H3. The van der Waals surface area contributed by atoms with E-state index in [0.717, 1.165) is 37.5 Å². The van der Waals surface area contributed by atoms with Crippen LogP contribution < -0.4 is 10.1 Å². The summed E-state index contributed by atoms with van der Waals surface area (Å²) in [5.41, 5.74) is 0.962. The van der Waals surface area contributed by atoms with Crippen LogP contribution in [0.4, 0.5) is 0 Å². The van der Waals surface area contributed by atoms with Crippen molar-refractivity contribution in [2.24, 2.45) is 5.92 Å². The summed E-state index contributed by atoms with van der Waals surface area (Å²) in [4.78, 5) is 9.04. The van der Waals surface area contributed by atoms with Crippen LogP contribution in [0.25, 0.3) is 0 Å². The minimum absolute atomic E-state index is 0.0595. The van der Waals surface area contributed by atoms with Crippen LogP contribution in [-0.2, 0) is 16.3 Å². The number of ether oxygens (including phenoxy) is 1. The van der Waals surface area contributed by atoms with E-state index in [1.54, 1.807) is 37.5 Å². The molecular formula is C19H24BrN3O3S. The Balaban J connectivity index is 1.61. The summed E-state index contributed by atoms with van der Waals surface area (Å²) in [7, 11) is -3.25. The maximum absolute atomic E-state index is 11.9. The van der Waals surface area contributed by atoms with Crippen LogP contribution in [0.5, 0.6) is 11.6 Å². The SMILES string of the molecule is CCS(=O)(=O)c1ccc(Oc2cnc(CCC3CCNCC3)cn2)c(Br)c1. The number of nitrogens with zero attached hydrogens (tertiary/aromatic N) is 2. The number of hydrogen-bond donors (Lipinski definition) is 1. The van der Waals surface area contributed by atoms with Crippen molar-refractivity contribution in [3.8, 4) is 11.6 Å². The first kappa shape index (κ1) is 20.2. The second kappa shape index (κ2) is 9.12. The van der Waals surface area contributed by atoms with Crippen molar-refractivity contribution in [2.45, 2.75) is 37.5 Å². The normalized spacial score (nSPS) is 15.6. The van der Waals surface area contributed by atoms with Gasteiger partial charge in [0.1, 0.15) is 5.75 Å². The van der Waals surface area contributed by atoms with Gasteiger partial charge in [0.05, 0.1) is 33.2 Å². The van der Waals surface area contributed by atoms with E-state index in [9.17, 15) is 8.42 Å². The molecule has 1 fully saturated rings. The van der Waals surface area contributed by atoms with Gasteiger partial charge in [0, 0.05) is 0 Å². The lowest BCUT2D eigenvalue weighted by atomic mass is 9.93. The summed E-state index contributed by atoms with van der Waals surface area (Å²) in [5, 5.41) is 3.38. The molecule has 8 heteroatoms. The summed E-state index contributed by atoms with van der Waals surface area (Å²) in [6, 6.07) is 4.72. The molecular weight excluding hydrogens is 430 g/mol. The van der Waals surface area contributed by atoms with Gasteiger partial charge < -0.3 is 10.1 Å². The van der Waals surface area contributed by atoms with E-state index in [2.05, 4.69) is 31.2 Å². The highest BCUT2D eigenvalue weighted by Crippen LogP contribution is 2.31. The van der Waals surface area contributed by atoms with Crippen molar-refractivity contribution in [1.82, 2.24) is 15.3 Å². The summed E-state index contributed by atoms with van der Waals surface area (Å²) in [6.45, 7) is 3.84. The van der Waals surface area contributed by atoms with Gasteiger partial charge in [-0.1, -0.05) is 6.92 Å². The molecule has 0 bridgehead atoms. The summed E-state index contributed by atoms with van der Waals surface area (Å²) >= 11 is 3.37. The molecule has 2 aromatic rings. The first-order chi connectivity index (χ1) is 13.0. The van der Waals surface area contributed by atoms with Gasteiger partial charge in [0.25, 0.3) is 0 Å². The molecule has 0 unspecified atom stereocenters. The van der Waals surface area contributed by atoms with Gasteiger partial charge in [-0.05, 0) is 78.8 Å². The number of sulfone groups is 1. The number of piperidine rings is 1. The average molecular weight is 454 g/mol. The number of aromatic nitrogens is 2. The Hall–Kier alpha value is -1.51. The van der Waals surface area contributed by atoms with Gasteiger partial charge in [-0.2, -0.15) is 0 Å². The molecule has 1 aromatic carbocycles. The third kappa shape index (κ3) is 5.49. The number of nitrogens with one attached hydrogen (secondary N) is 1. The van der Waals surface area contributed by atoms with Gasteiger partial charge in [-0.25, -0.2) is 13.4 Å². The molecule has 6 nitrogen and oxygen atoms in total. The van der Waals surface area contributed by atoms with E-state index in [0.29, 0.717) is 16.1 Å². The Labute approximate surface area is 168 Å². The monoisotopic (exact) mass is 453 g/mol. The fourth-order valence-electron chi connectivity index (χ4n) is 3.08. The average Bonchev–Trinajstić information content (AvgIpc) is 2.69. The van der Waals surface area contributed by atoms with Crippen LogP contribution in [0.3, 0.4) is 0 Å². The van der Waals surface area contributed by atoms with E-state index in [1.807, 2.05) is 0 Å². The zero-order valence-corrected chi connectivity index (χ0v) is 17.7. The highest BCUT2D eigenvalue weighted by molar-refractivity contribution is 9.10. The molecule has 3 rings (SSSR count). The number of rotatable bonds is 7. The molecule has 0 atom stereocenters. The Bertz CT molecular complexity index is 866. The number of hydrogen-bond acceptors (Lipinski definition) is 6. The smallest absolute Gasteiger partial charge is 0.237 e. The Kier molecular flexibility index (Phi) is 6.83. The van der Waals surface area contributed by atoms with Crippen molar-refractivity contribution < 1.29 is 13.2 Å². The van der Waals surface area contributed by atoms with Gasteiger partial charge >= 0.3 is 0 Å². The fraction of sp³-hybridized carbons (Fsp3) is 0.474. The van der Waals surface area contributed by atoms with Gasteiger partial charge in [0.15, 0.2) is 9.84 Å². The van der Waals surface area contributed by atoms with E-state index in [1.165, 1.54) is 12.8 Å². The molecule has 0 radical (unpaired) electrons. The molecule has 1 aromatic heterocycles. The van der Waals surface area contributed by atoms with Crippen molar-refractivity contribution in [3.63, 3.8) is 0 Å². The maximum atomic E-state index is 11.9. The lowest BCUT2D eigenvalue weighted by molar-refractivity contribution is 0.353. The van der Waals surface area contributed by atoms with Crippen molar-refractivity contribution in [2.75, 3.05) is 18.8 Å². The van der Waals surface area contributed by atoms with Gasteiger partial charge in [-0.15, -0.1) is 0 Å². The number of halogens is 1. The first-order valence-corrected chi connectivity index (χ1v) is 11.6. The minimum Gasteiger partial charge on any atom is -0.436 e. The number of benzene rings is 1. The van der Waals surface area contributed by atoms with Crippen molar-refractivity contribution in [3.05, 3.63) is 40.8 Å². The molecule has 146 valence electrons. The van der Waals surface area contributed by atoms with Crippen LogP contribution in [0, 0.1) is 5.92 Å². The van der Waals surface area contributed by atoms with Crippen molar-refractivity contribution in [1.29, 1.82) is 0 Å². The Morgan fingerprint density at radius 1 is 1.22 bits per heavy atom. The minimum atomic E-state index is -3.25. The van der Waals surface area contributed by atoms with E-state index in [-0.39, 0.29) is 10.6 Å². The van der Waals surface area contributed by atoms with Crippen molar-refractivity contribution >= 4 is 25.8 Å². The third-order valence-electron chi connectivity index (χ3n) is 4.81. The molecule has 0 aliphatic carbocycles. The predicted octanol–water partition coefficient (Wildman–Crippen LogP) is 3.76. The lowest BCUT2D eigenvalue weighted by Gasteiger charge is -2.22. The first-order valence-electron chi connectivity index (χ1n) is 9.19. The van der Waals surface area contributed by atoms with E-state index in [4.69, 9.17) is 4.74 Å². The highest BCUT2D eigenvalue weighted by Gasteiger charge is 2.15. The highest BCUT2D eigenvalue weighted by atomic mass is 79.9. The van der Waals surface area contributed by atoms with Crippen LogP contribution in [0.1, 0.15) is 31.9 Å². The van der Waals surface area contributed by atoms with E-state index < -0.39 is 9.84 Å². The quantitative estimate of drug-likeness (QED) is 0.686. The van der Waals surface area contributed by atoms with E-state index >= 15 is 0 Å². The van der Waals surface area contributed by atoms with Crippen LogP contribution in [-0.4, -0.2) is 37.2 Å². The molecule has 0 spiro atoms. The molecule has 0 amide bonds. The van der Waals surface area contributed by atoms with Crippen LogP contribution in [0.2, 0.25) is 0 Å². The second-order valence-electron chi connectivity index (χ2n) is 6.68. The largest absolute Gasteiger partial charge is 0.436 e. The summed E-state index contributed by atoms with van der Waals surface area (Å²) in [6.07, 6.45) is 7.88. The summed E-state index contributed by atoms with van der Waals surface area (Å²) < 4.78 is 30.2. The predicted molar refractivity (Wildman–Crippen MR) is 108 cm³/mol. The number of aryl methyl sites for hydroxylation is 1. The molecule has 1 aliphatic heterocycles. The lowest BCUT2D eigenvalue weighted by Crippen LogP contribution is -2.27. The Morgan fingerprint density at radius 2 is 2.00 bits per heavy atom. The van der Waals surface area contributed by atoms with Gasteiger partial charge in [-0.3, -0.25) is 4.98 Å². The Morgan fingerprint density at radius 3 is 2.63 bits per heavy atom. The topological polar surface area (TPSA) is 81.2 Å². The van der Waals surface area contributed by atoms with Crippen LogP contribution >= 0.6 is 15.9 Å². The molecule has 1 saturated heterocycles. The molecule has 1 aliphatic rings. The molecule has 27 heavy (non-hydrogen) atoms. The third-order valence-corrected chi connectivity index (χ3v) is 7.16. The fourth-order valence-corrected chi connectivity index (χ4v) is 4.60. The summed E-state index contributed by atoms with van der Waals surface area (Å²) in [5.74, 6) is 1.70. The van der Waals surface area contributed by atoms with Crippen LogP contribution in [0.15, 0.2) is 40.0 Å². The molecule has 1 N–H and O–H groups in total. The zero-order valence-electron chi connectivity index (χ0n) is 15.3. The maximum Gasteiger partial charge on any atom is 0.237 e. The second-order valence-corrected chi connectivity index (χ2v) is 9.81. The molecule has 0 saturated carbocycles.